The first kappa shape index (κ1) is 21.5. The Morgan fingerprint density at radius 1 is 1.16 bits per heavy atom. The van der Waals surface area contributed by atoms with E-state index in [1.54, 1.807) is 29.2 Å². The number of fused-ring (bicyclic) bond motifs is 2. The maximum atomic E-state index is 12.8. The summed E-state index contributed by atoms with van der Waals surface area (Å²) in [6.07, 6.45) is 7.27. The highest BCUT2D eigenvalue weighted by molar-refractivity contribution is 7.91. The average Bonchev–Trinajstić information content (AvgIpc) is 3.42. The van der Waals surface area contributed by atoms with Crippen LogP contribution in [0.25, 0.3) is 10.9 Å². The molecular weight excluding hydrogens is 448 g/mol. The number of aryl methyl sites for hydroxylation is 1. The molecule has 0 aliphatic carbocycles. The van der Waals surface area contributed by atoms with E-state index in [0.29, 0.717) is 29.5 Å². The normalized spacial score (nSPS) is 17.6. The summed E-state index contributed by atoms with van der Waals surface area (Å²) in [5.74, 6) is 1.22. The van der Waals surface area contributed by atoms with E-state index >= 15 is 0 Å². The Bertz CT molecular complexity index is 1260. The summed E-state index contributed by atoms with van der Waals surface area (Å²) in [5, 5.41) is 1.42. The number of carbonyl (C=O) groups is 1. The number of imidazole rings is 1. The third kappa shape index (κ3) is 4.18. The van der Waals surface area contributed by atoms with E-state index in [0.717, 1.165) is 37.0 Å². The molecule has 1 N–H and O–H groups in total. The number of piperidine rings is 1. The Hall–Kier alpha value is -2.32. The number of rotatable bonds is 5. The molecule has 170 valence electrons. The van der Waals surface area contributed by atoms with Crippen LogP contribution in [-0.4, -0.2) is 52.6 Å². The van der Waals surface area contributed by atoms with Crippen LogP contribution in [0.2, 0.25) is 5.02 Å². The van der Waals surface area contributed by atoms with E-state index < -0.39 is 9.84 Å². The molecule has 1 fully saturated rings. The standard InChI is InChI=1S/C23H27ClN4O3S/c24-18-4-5-20-17(13-18)14-21(26-20)32(30,31)12-8-22(29)27-10-6-16(7-11-27)23-25-15-19-3-1-2-9-28(19)23/h4-5,13-16,26H,1-3,6-12H2. The number of benzene rings is 1. The molecule has 5 rings (SSSR count). The van der Waals surface area contributed by atoms with E-state index in [2.05, 4.69) is 14.5 Å². The number of nitrogens with zero attached hydrogens (tertiary/aromatic N) is 3. The van der Waals surface area contributed by atoms with Gasteiger partial charge in [0, 0.05) is 59.8 Å². The van der Waals surface area contributed by atoms with Crippen LogP contribution in [0.4, 0.5) is 0 Å². The molecule has 2 aliphatic heterocycles. The van der Waals surface area contributed by atoms with Crippen LogP contribution in [-0.2, 0) is 27.6 Å². The molecule has 0 unspecified atom stereocenters. The van der Waals surface area contributed by atoms with Crippen molar-refractivity contribution in [2.45, 2.75) is 56.0 Å². The van der Waals surface area contributed by atoms with Gasteiger partial charge in [-0.25, -0.2) is 13.4 Å². The third-order valence-corrected chi connectivity index (χ3v) is 8.59. The summed E-state index contributed by atoms with van der Waals surface area (Å²) < 4.78 is 27.9. The molecule has 0 saturated carbocycles. The average molecular weight is 475 g/mol. The zero-order valence-electron chi connectivity index (χ0n) is 17.9. The van der Waals surface area contributed by atoms with Crippen LogP contribution in [0.5, 0.6) is 0 Å². The molecule has 1 aromatic carbocycles. The van der Waals surface area contributed by atoms with Gasteiger partial charge in [-0.3, -0.25) is 4.79 Å². The van der Waals surface area contributed by atoms with Gasteiger partial charge in [-0.15, -0.1) is 0 Å². The first-order valence-corrected chi connectivity index (χ1v) is 13.3. The zero-order valence-corrected chi connectivity index (χ0v) is 19.5. The largest absolute Gasteiger partial charge is 0.346 e. The summed E-state index contributed by atoms with van der Waals surface area (Å²) in [5.41, 5.74) is 2.04. The molecule has 4 heterocycles. The highest BCUT2D eigenvalue weighted by Gasteiger charge is 2.29. The number of aromatic nitrogens is 3. The predicted molar refractivity (Wildman–Crippen MR) is 124 cm³/mol. The van der Waals surface area contributed by atoms with Crippen molar-refractivity contribution >= 4 is 38.2 Å². The predicted octanol–water partition coefficient (Wildman–Crippen LogP) is 3.92. The van der Waals surface area contributed by atoms with Crippen molar-refractivity contribution in [3.05, 3.63) is 47.0 Å². The maximum Gasteiger partial charge on any atom is 0.223 e. The Morgan fingerprint density at radius 2 is 1.97 bits per heavy atom. The van der Waals surface area contributed by atoms with Gasteiger partial charge >= 0.3 is 0 Å². The fourth-order valence-electron chi connectivity index (χ4n) is 4.91. The first-order chi connectivity index (χ1) is 15.4. The van der Waals surface area contributed by atoms with Crippen molar-refractivity contribution in [1.82, 2.24) is 19.4 Å². The summed E-state index contributed by atoms with van der Waals surface area (Å²) in [7, 11) is -3.58. The Labute approximate surface area is 192 Å². The fraction of sp³-hybridized carbons (Fsp3) is 0.478. The third-order valence-electron chi connectivity index (χ3n) is 6.72. The van der Waals surface area contributed by atoms with Gasteiger partial charge in [-0.05, 0) is 56.4 Å². The summed E-state index contributed by atoms with van der Waals surface area (Å²) >= 11 is 5.99. The SMILES string of the molecule is O=C(CCS(=O)(=O)c1cc2cc(Cl)ccc2[nH]1)N1CCC(c2ncc3n2CCCC3)CC1. The number of likely N-dealkylation sites (tertiary alicyclic amines) is 1. The molecule has 0 atom stereocenters. The minimum atomic E-state index is -3.58. The topological polar surface area (TPSA) is 88.1 Å². The lowest BCUT2D eigenvalue weighted by atomic mass is 9.95. The number of hydrogen-bond donors (Lipinski definition) is 1. The van der Waals surface area contributed by atoms with E-state index in [-0.39, 0.29) is 23.1 Å². The minimum Gasteiger partial charge on any atom is -0.346 e. The summed E-state index contributed by atoms with van der Waals surface area (Å²) in [4.78, 5) is 22.2. The van der Waals surface area contributed by atoms with E-state index in [4.69, 9.17) is 11.6 Å². The molecule has 2 aromatic heterocycles. The molecule has 0 radical (unpaired) electrons. The van der Waals surface area contributed by atoms with Crippen LogP contribution in [0, 0.1) is 0 Å². The molecule has 9 heteroatoms. The first-order valence-electron chi connectivity index (χ1n) is 11.2. The lowest BCUT2D eigenvalue weighted by Crippen LogP contribution is -2.39. The molecule has 2 aliphatic rings. The molecule has 1 amide bonds. The summed E-state index contributed by atoms with van der Waals surface area (Å²) in [6, 6.07) is 6.77. The summed E-state index contributed by atoms with van der Waals surface area (Å²) in [6.45, 7) is 2.34. The number of halogens is 1. The minimum absolute atomic E-state index is 0.0120. The molecule has 7 nitrogen and oxygen atoms in total. The number of nitrogens with one attached hydrogen (secondary N) is 1. The number of amides is 1. The molecular formula is C23H27ClN4O3S. The lowest BCUT2D eigenvalue weighted by Gasteiger charge is -2.32. The second-order valence-corrected chi connectivity index (χ2v) is 11.3. The van der Waals surface area contributed by atoms with Gasteiger partial charge in [-0.1, -0.05) is 11.6 Å². The molecule has 32 heavy (non-hydrogen) atoms. The van der Waals surface area contributed by atoms with Crippen LogP contribution in [0.15, 0.2) is 35.5 Å². The lowest BCUT2D eigenvalue weighted by molar-refractivity contribution is -0.131. The van der Waals surface area contributed by atoms with Gasteiger partial charge in [-0.2, -0.15) is 0 Å². The van der Waals surface area contributed by atoms with Crippen molar-refractivity contribution in [3.8, 4) is 0 Å². The Balaban J connectivity index is 1.18. The maximum absolute atomic E-state index is 12.8. The van der Waals surface area contributed by atoms with E-state index in [9.17, 15) is 13.2 Å². The van der Waals surface area contributed by atoms with Crippen molar-refractivity contribution in [2.24, 2.45) is 0 Å². The van der Waals surface area contributed by atoms with Gasteiger partial charge < -0.3 is 14.5 Å². The smallest absolute Gasteiger partial charge is 0.223 e. The number of aromatic amines is 1. The Kier molecular flexibility index (Phi) is 5.75. The van der Waals surface area contributed by atoms with Gasteiger partial charge in [0.25, 0.3) is 0 Å². The fourth-order valence-corrected chi connectivity index (χ4v) is 6.32. The van der Waals surface area contributed by atoms with Crippen molar-refractivity contribution < 1.29 is 13.2 Å². The highest BCUT2D eigenvalue weighted by Crippen LogP contribution is 2.30. The van der Waals surface area contributed by atoms with Gasteiger partial charge in [0.2, 0.25) is 5.91 Å². The number of hydrogen-bond acceptors (Lipinski definition) is 4. The van der Waals surface area contributed by atoms with Crippen molar-refractivity contribution in [1.29, 1.82) is 0 Å². The van der Waals surface area contributed by atoms with Gasteiger partial charge in [0.05, 0.1) is 5.75 Å². The zero-order chi connectivity index (χ0) is 22.3. The Morgan fingerprint density at radius 3 is 2.78 bits per heavy atom. The monoisotopic (exact) mass is 474 g/mol. The van der Waals surface area contributed by atoms with Gasteiger partial charge in [0.1, 0.15) is 10.9 Å². The molecule has 1 saturated heterocycles. The van der Waals surface area contributed by atoms with E-state index in [1.165, 1.54) is 18.5 Å². The number of sulfone groups is 1. The molecule has 0 bridgehead atoms. The van der Waals surface area contributed by atoms with Crippen LogP contribution in [0.1, 0.15) is 49.5 Å². The van der Waals surface area contributed by atoms with Gasteiger partial charge in [0.15, 0.2) is 9.84 Å². The van der Waals surface area contributed by atoms with Crippen molar-refractivity contribution in [3.63, 3.8) is 0 Å². The highest BCUT2D eigenvalue weighted by atomic mass is 35.5. The van der Waals surface area contributed by atoms with E-state index in [1.807, 2.05) is 6.20 Å². The molecule has 0 spiro atoms. The van der Waals surface area contributed by atoms with Crippen LogP contribution < -0.4 is 0 Å². The van der Waals surface area contributed by atoms with Crippen LogP contribution in [0.3, 0.4) is 0 Å². The van der Waals surface area contributed by atoms with Crippen LogP contribution >= 0.6 is 11.6 Å². The second kappa shape index (κ2) is 8.56. The second-order valence-electron chi connectivity index (χ2n) is 8.81. The number of carbonyl (C=O) groups excluding carboxylic acids is 1. The molecule has 3 aromatic rings. The van der Waals surface area contributed by atoms with Crippen molar-refractivity contribution in [2.75, 3.05) is 18.8 Å². The quantitative estimate of drug-likeness (QED) is 0.607. The number of H-pyrrole nitrogens is 1.